The minimum absolute atomic E-state index is 0.0249. The molecule has 0 aliphatic carbocycles. The van der Waals surface area contributed by atoms with Gasteiger partial charge in [-0.1, -0.05) is 0 Å². The summed E-state index contributed by atoms with van der Waals surface area (Å²) in [5.74, 6) is -1.17. The number of carboxylic acid groups (broad SMARTS) is 1. The van der Waals surface area contributed by atoms with E-state index in [0.29, 0.717) is 32.8 Å². The predicted molar refractivity (Wildman–Crippen MR) is 67.0 cm³/mol. The molecule has 2 amide bonds. The van der Waals surface area contributed by atoms with Crippen molar-refractivity contribution in [2.75, 3.05) is 40.1 Å². The van der Waals surface area contributed by atoms with Gasteiger partial charge in [0, 0.05) is 33.3 Å². The van der Waals surface area contributed by atoms with E-state index in [9.17, 15) is 9.59 Å². The van der Waals surface area contributed by atoms with Gasteiger partial charge in [-0.05, 0) is 6.42 Å². The van der Waals surface area contributed by atoms with Crippen LogP contribution < -0.4 is 10.6 Å². The zero-order chi connectivity index (χ0) is 14.5. The Bertz CT molecular complexity index is 262. The number of carbonyl (C=O) groups is 2. The molecule has 19 heavy (non-hydrogen) atoms. The lowest BCUT2D eigenvalue weighted by atomic mass is 10.2. The van der Waals surface area contributed by atoms with E-state index in [2.05, 4.69) is 10.6 Å². The van der Waals surface area contributed by atoms with Crippen molar-refractivity contribution in [3.8, 4) is 0 Å². The van der Waals surface area contributed by atoms with Crippen molar-refractivity contribution < 1.29 is 29.3 Å². The summed E-state index contributed by atoms with van der Waals surface area (Å²) in [5.41, 5.74) is 0. The number of ether oxygens (including phenoxy) is 2. The van der Waals surface area contributed by atoms with Gasteiger partial charge in [0.1, 0.15) is 6.04 Å². The van der Waals surface area contributed by atoms with Crippen LogP contribution >= 0.6 is 0 Å². The van der Waals surface area contributed by atoms with E-state index in [1.165, 1.54) is 0 Å². The zero-order valence-corrected chi connectivity index (χ0v) is 11.1. The molecule has 0 radical (unpaired) electrons. The van der Waals surface area contributed by atoms with Crippen LogP contribution in [0.25, 0.3) is 0 Å². The largest absolute Gasteiger partial charge is 0.480 e. The molecule has 8 heteroatoms. The van der Waals surface area contributed by atoms with Crippen LogP contribution in [0.1, 0.15) is 12.8 Å². The number of aliphatic hydroxyl groups excluding tert-OH is 1. The van der Waals surface area contributed by atoms with Gasteiger partial charge < -0.3 is 30.3 Å². The summed E-state index contributed by atoms with van der Waals surface area (Å²) in [4.78, 5) is 22.1. The van der Waals surface area contributed by atoms with Gasteiger partial charge in [0.2, 0.25) is 0 Å². The van der Waals surface area contributed by atoms with Crippen LogP contribution in [-0.2, 0) is 14.3 Å². The van der Waals surface area contributed by atoms with E-state index < -0.39 is 18.0 Å². The molecular formula is C11H22N2O6. The highest BCUT2D eigenvalue weighted by atomic mass is 16.5. The fraction of sp³-hybridized carbons (Fsp3) is 0.818. The van der Waals surface area contributed by atoms with Gasteiger partial charge in [-0.2, -0.15) is 0 Å². The number of carboxylic acids is 1. The molecule has 0 saturated heterocycles. The number of hydrogen-bond acceptors (Lipinski definition) is 5. The van der Waals surface area contributed by atoms with E-state index in [1.807, 2.05) is 0 Å². The first-order valence-electron chi connectivity index (χ1n) is 6.06. The van der Waals surface area contributed by atoms with Gasteiger partial charge in [0.15, 0.2) is 0 Å². The average molecular weight is 278 g/mol. The molecule has 0 unspecified atom stereocenters. The lowest BCUT2D eigenvalue weighted by molar-refractivity contribution is -0.139. The van der Waals surface area contributed by atoms with Crippen molar-refractivity contribution in [1.82, 2.24) is 10.6 Å². The number of nitrogens with one attached hydrogen (secondary N) is 2. The number of carbonyl (C=O) groups excluding carboxylic acids is 1. The van der Waals surface area contributed by atoms with Crippen molar-refractivity contribution in [3.63, 3.8) is 0 Å². The highest BCUT2D eigenvalue weighted by molar-refractivity contribution is 5.82. The molecule has 4 N–H and O–H groups in total. The molecule has 0 spiro atoms. The van der Waals surface area contributed by atoms with Crippen molar-refractivity contribution in [1.29, 1.82) is 0 Å². The van der Waals surface area contributed by atoms with Crippen LogP contribution in [0.3, 0.4) is 0 Å². The van der Waals surface area contributed by atoms with Crippen LogP contribution in [0.15, 0.2) is 0 Å². The smallest absolute Gasteiger partial charge is 0.326 e. The van der Waals surface area contributed by atoms with Gasteiger partial charge in [0.25, 0.3) is 0 Å². The summed E-state index contributed by atoms with van der Waals surface area (Å²) < 4.78 is 9.98. The normalized spacial score (nSPS) is 11.9. The third-order valence-corrected chi connectivity index (χ3v) is 2.20. The third-order valence-electron chi connectivity index (χ3n) is 2.20. The van der Waals surface area contributed by atoms with E-state index >= 15 is 0 Å². The number of amides is 2. The molecular weight excluding hydrogens is 256 g/mol. The molecule has 1 atom stereocenters. The minimum atomic E-state index is -1.17. The van der Waals surface area contributed by atoms with Gasteiger partial charge >= 0.3 is 12.0 Å². The first-order chi connectivity index (χ1) is 9.11. The number of aliphatic hydroxyl groups is 1. The Hall–Kier alpha value is -1.38. The summed E-state index contributed by atoms with van der Waals surface area (Å²) in [5, 5.41) is 22.2. The summed E-state index contributed by atoms with van der Waals surface area (Å²) in [6.07, 6.45) is 0.595. The average Bonchev–Trinajstić information content (AvgIpc) is 2.37. The topological polar surface area (TPSA) is 117 Å². The van der Waals surface area contributed by atoms with E-state index in [0.717, 1.165) is 0 Å². The first-order valence-corrected chi connectivity index (χ1v) is 6.06. The van der Waals surface area contributed by atoms with Crippen LogP contribution in [0.5, 0.6) is 0 Å². The number of urea groups is 1. The SMILES string of the molecule is COCCOCCCNC(=O)N[C@@H](CCO)C(=O)O. The molecule has 8 nitrogen and oxygen atoms in total. The number of rotatable bonds is 11. The molecule has 0 aliphatic heterocycles. The highest BCUT2D eigenvalue weighted by Gasteiger charge is 2.18. The van der Waals surface area contributed by atoms with Crippen LogP contribution in [-0.4, -0.2) is 68.3 Å². The van der Waals surface area contributed by atoms with Crippen molar-refractivity contribution >= 4 is 12.0 Å². The number of hydrogen-bond donors (Lipinski definition) is 4. The Morgan fingerprint density at radius 3 is 2.58 bits per heavy atom. The van der Waals surface area contributed by atoms with Gasteiger partial charge in [-0.15, -0.1) is 0 Å². The minimum Gasteiger partial charge on any atom is -0.480 e. The summed E-state index contributed by atoms with van der Waals surface area (Å²) in [7, 11) is 1.58. The Labute approximate surface area is 112 Å². The van der Waals surface area contributed by atoms with Crippen molar-refractivity contribution in [2.24, 2.45) is 0 Å². The second-order valence-corrected chi connectivity index (χ2v) is 3.76. The van der Waals surface area contributed by atoms with Crippen LogP contribution in [0, 0.1) is 0 Å². The van der Waals surface area contributed by atoms with Crippen molar-refractivity contribution in [3.05, 3.63) is 0 Å². The Morgan fingerprint density at radius 2 is 2.00 bits per heavy atom. The maximum atomic E-state index is 11.3. The molecule has 0 aliphatic rings. The van der Waals surface area contributed by atoms with Crippen molar-refractivity contribution in [2.45, 2.75) is 18.9 Å². The quantitative estimate of drug-likeness (QED) is 0.367. The predicted octanol–water partition coefficient (Wildman–Crippen LogP) is -0.826. The molecule has 112 valence electrons. The Balaban J connectivity index is 3.60. The van der Waals surface area contributed by atoms with Gasteiger partial charge in [0.05, 0.1) is 13.2 Å². The summed E-state index contributed by atoms with van der Waals surface area (Å²) in [6.45, 7) is 1.59. The molecule has 0 heterocycles. The molecule has 0 rings (SSSR count). The first kappa shape index (κ1) is 17.6. The molecule has 0 saturated carbocycles. The molecule has 0 bridgehead atoms. The molecule has 0 aromatic carbocycles. The Kier molecular flexibility index (Phi) is 10.8. The van der Waals surface area contributed by atoms with Crippen LogP contribution in [0.4, 0.5) is 4.79 Å². The zero-order valence-electron chi connectivity index (χ0n) is 11.1. The van der Waals surface area contributed by atoms with Crippen LogP contribution in [0.2, 0.25) is 0 Å². The molecule has 0 fully saturated rings. The molecule has 0 aromatic rings. The van der Waals surface area contributed by atoms with E-state index in [1.54, 1.807) is 7.11 Å². The fourth-order valence-corrected chi connectivity index (χ4v) is 1.22. The number of aliphatic carboxylic acids is 1. The summed E-state index contributed by atoms with van der Waals surface area (Å²) in [6, 6.07) is -1.65. The number of methoxy groups -OCH3 is 1. The second kappa shape index (κ2) is 11.7. The van der Waals surface area contributed by atoms with Gasteiger partial charge in [-0.3, -0.25) is 0 Å². The highest BCUT2D eigenvalue weighted by Crippen LogP contribution is 1.91. The van der Waals surface area contributed by atoms with E-state index in [4.69, 9.17) is 19.7 Å². The summed E-state index contributed by atoms with van der Waals surface area (Å²) >= 11 is 0. The maximum absolute atomic E-state index is 11.3. The fourth-order valence-electron chi connectivity index (χ4n) is 1.22. The third kappa shape index (κ3) is 10.2. The van der Waals surface area contributed by atoms with E-state index in [-0.39, 0.29) is 13.0 Å². The van der Waals surface area contributed by atoms with Gasteiger partial charge in [-0.25, -0.2) is 9.59 Å². The maximum Gasteiger partial charge on any atom is 0.326 e. The second-order valence-electron chi connectivity index (χ2n) is 3.76. The lowest BCUT2D eigenvalue weighted by Gasteiger charge is -2.13. The lowest BCUT2D eigenvalue weighted by Crippen LogP contribution is -2.46. The standard InChI is InChI=1S/C11H22N2O6/c1-18-7-8-19-6-2-4-12-11(17)13-9(3-5-14)10(15)16/h9,14H,2-8H2,1H3,(H,15,16)(H2,12,13,17)/t9-/m0/s1. The Morgan fingerprint density at radius 1 is 1.26 bits per heavy atom. The molecule has 0 aromatic heterocycles. The monoisotopic (exact) mass is 278 g/mol.